The summed E-state index contributed by atoms with van der Waals surface area (Å²) in [5, 5.41) is 15.7. The maximum absolute atomic E-state index is 12.3. The first-order valence-corrected chi connectivity index (χ1v) is 11.1. The summed E-state index contributed by atoms with van der Waals surface area (Å²) in [6.45, 7) is 0.443. The number of nitriles is 1. The zero-order valence-electron chi connectivity index (χ0n) is 17.6. The Morgan fingerprint density at radius 2 is 1.79 bits per heavy atom. The number of carbonyl (C=O) groups is 1. The highest BCUT2D eigenvalue weighted by molar-refractivity contribution is 9.10. The van der Waals surface area contributed by atoms with Gasteiger partial charge in [0.2, 0.25) is 0 Å². The van der Waals surface area contributed by atoms with E-state index in [1.807, 2.05) is 48.5 Å². The average molecular weight is 498 g/mol. The fraction of sp³-hybridized carbons (Fsp3) is 0.0741. The van der Waals surface area contributed by atoms with E-state index in [4.69, 9.17) is 4.74 Å². The maximum Gasteiger partial charge on any atom is 0.261 e. The minimum absolute atomic E-state index is 0.443. The van der Waals surface area contributed by atoms with Crippen LogP contribution in [0.5, 0.6) is 5.75 Å². The van der Waals surface area contributed by atoms with Crippen LogP contribution in [0.15, 0.2) is 101 Å². The van der Waals surface area contributed by atoms with E-state index in [9.17, 15) is 10.1 Å². The van der Waals surface area contributed by atoms with Crippen LogP contribution < -0.4 is 10.2 Å². The lowest BCUT2D eigenvalue weighted by atomic mass is 10.0. The highest BCUT2D eigenvalue weighted by atomic mass is 79.9. The Morgan fingerprint density at radius 1 is 1.03 bits per heavy atom. The number of nitrogens with one attached hydrogen (secondary N) is 1. The molecule has 0 aromatic heterocycles. The highest BCUT2D eigenvalue weighted by Gasteiger charge is 2.19. The third-order valence-electron chi connectivity index (χ3n) is 5.13. The molecule has 0 bridgehead atoms. The molecule has 0 unspecified atom stereocenters. The molecule has 4 aromatic carbocycles. The van der Waals surface area contributed by atoms with Crippen LogP contribution in [-0.2, 0) is 11.4 Å². The van der Waals surface area contributed by atoms with Crippen LogP contribution >= 0.6 is 15.9 Å². The number of hydrogen-bond donors (Lipinski definition) is 1. The number of halogens is 1. The molecule has 1 amide bonds. The largest absolute Gasteiger partial charge is 0.488 e. The SMILES string of the molecule is N#C[C@@H](C(=O)N/N=C\c1ccc(OCc2cccc3ccccc23)c(Br)c1)c1ccccc1. The summed E-state index contributed by atoms with van der Waals surface area (Å²) >= 11 is 3.54. The van der Waals surface area contributed by atoms with Gasteiger partial charge in [-0.1, -0.05) is 72.8 Å². The van der Waals surface area contributed by atoms with E-state index >= 15 is 0 Å². The lowest BCUT2D eigenvalue weighted by Gasteiger charge is -2.11. The van der Waals surface area contributed by atoms with Crippen LogP contribution in [-0.4, -0.2) is 12.1 Å². The molecule has 0 fully saturated rings. The highest BCUT2D eigenvalue weighted by Crippen LogP contribution is 2.27. The van der Waals surface area contributed by atoms with Crippen molar-refractivity contribution in [1.82, 2.24) is 5.43 Å². The molecule has 33 heavy (non-hydrogen) atoms. The van der Waals surface area contributed by atoms with E-state index in [1.165, 1.54) is 17.0 Å². The molecule has 0 saturated heterocycles. The number of nitrogens with zero attached hydrogens (tertiary/aromatic N) is 2. The fourth-order valence-electron chi connectivity index (χ4n) is 3.45. The number of fused-ring (bicyclic) bond motifs is 1. The number of hydrazone groups is 1. The first-order valence-electron chi connectivity index (χ1n) is 10.3. The molecule has 0 radical (unpaired) electrons. The first-order chi connectivity index (χ1) is 16.2. The van der Waals surface area contributed by atoms with Gasteiger partial charge in [0.1, 0.15) is 12.4 Å². The summed E-state index contributed by atoms with van der Waals surface area (Å²) in [6, 6.07) is 30.8. The monoisotopic (exact) mass is 497 g/mol. The van der Waals surface area contributed by atoms with Gasteiger partial charge in [-0.25, -0.2) is 5.43 Å². The Labute approximate surface area is 200 Å². The molecule has 0 saturated carbocycles. The predicted octanol–water partition coefficient (Wildman–Crippen LogP) is 5.94. The number of amides is 1. The van der Waals surface area contributed by atoms with Crippen LogP contribution in [0.3, 0.4) is 0 Å². The lowest BCUT2D eigenvalue weighted by molar-refractivity contribution is -0.121. The van der Waals surface area contributed by atoms with E-state index in [-0.39, 0.29) is 0 Å². The van der Waals surface area contributed by atoms with E-state index in [1.54, 1.807) is 24.3 Å². The van der Waals surface area contributed by atoms with Gasteiger partial charge in [-0.05, 0) is 61.6 Å². The van der Waals surface area contributed by atoms with Gasteiger partial charge < -0.3 is 4.74 Å². The van der Waals surface area contributed by atoms with Gasteiger partial charge in [-0.3, -0.25) is 4.79 Å². The molecule has 0 spiro atoms. The second-order valence-electron chi connectivity index (χ2n) is 7.32. The van der Waals surface area contributed by atoms with Crippen molar-refractivity contribution >= 4 is 38.8 Å². The Bertz CT molecular complexity index is 1340. The third-order valence-corrected chi connectivity index (χ3v) is 5.75. The summed E-state index contributed by atoms with van der Waals surface area (Å²) in [5.41, 5.74) is 4.95. The van der Waals surface area contributed by atoms with Gasteiger partial charge in [0.25, 0.3) is 5.91 Å². The van der Waals surface area contributed by atoms with Crippen molar-refractivity contribution in [3.63, 3.8) is 0 Å². The van der Waals surface area contributed by atoms with Crippen molar-refractivity contribution in [2.75, 3.05) is 0 Å². The zero-order chi connectivity index (χ0) is 23.0. The third kappa shape index (κ3) is 5.46. The smallest absolute Gasteiger partial charge is 0.261 e. The normalized spacial score (nSPS) is 11.8. The quantitative estimate of drug-likeness (QED) is 0.253. The molecule has 1 N–H and O–H groups in total. The standard InChI is InChI=1S/C27H20BrN3O2/c28-25-15-19(17-30-31-27(32)24(16-29)21-7-2-1-3-8-21)13-14-26(25)33-18-22-11-6-10-20-9-4-5-12-23(20)22/h1-15,17,24H,18H2,(H,31,32)/b30-17-/t24-/m1/s1. The number of ether oxygens (including phenoxy) is 1. The minimum Gasteiger partial charge on any atom is -0.488 e. The summed E-state index contributed by atoms with van der Waals surface area (Å²) in [4.78, 5) is 12.3. The molecule has 0 aliphatic carbocycles. The first kappa shape index (κ1) is 22.3. The van der Waals surface area contributed by atoms with E-state index in [0.717, 1.165) is 15.6 Å². The molecule has 1 atom stereocenters. The van der Waals surface area contributed by atoms with Crippen LogP contribution in [0, 0.1) is 11.3 Å². The molecular formula is C27H20BrN3O2. The predicted molar refractivity (Wildman–Crippen MR) is 133 cm³/mol. The molecule has 0 aliphatic rings. The minimum atomic E-state index is -0.917. The van der Waals surface area contributed by atoms with Gasteiger partial charge in [0.15, 0.2) is 5.92 Å². The molecular weight excluding hydrogens is 478 g/mol. The van der Waals surface area contributed by atoms with Crippen molar-refractivity contribution in [2.24, 2.45) is 5.10 Å². The Hall–Kier alpha value is -3.95. The number of rotatable bonds is 7. The van der Waals surface area contributed by atoms with Crippen molar-refractivity contribution in [3.8, 4) is 11.8 Å². The van der Waals surface area contributed by atoms with Gasteiger partial charge >= 0.3 is 0 Å². The molecule has 162 valence electrons. The Kier molecular flexibility index (Phi) is 7.13. The molecule has 6 heteroatoms. The van der Waals surface area contributed by atoms with Crippen LogP contribution in [0.1, 0.15) is 22.6 Å². The fourth-order valence-corrected chi connectivity index (χ4v) is 3.96. The molecule has 0 heterocycles. The second kappa shape index (κ2) is 10.6. The summed E-state index contributed by atoms with van der Waals surface area (Å²) in [6.07, 6.45) is 1.52. The van der Waals surface area contributed by atoms with Crippen molar-refractivity contribution in [2.45, 2.75) is 12.5 Å². The van der Waals surface area contributed by atoms with Crippen LogP contribution in [0.2, 0.25) is 0 Å². The van der Waals surface area contributed by atoms with Gasteiger partial charge in [-0.15, -0.1) is 0 Å². The molecule has 4 aromatic rings. The summed E-state index contributed by atoms with van der Waals surface area (Å²) in [5.74, 6) is -0.688. The van der Waals surface area contributed by atoms with Crippen molar-refractivity contribution in [1.29, 1.82) is 5.26 Å². The average Bonchev–Trinajstić information content (AvgIpc) is 2.85. The van der Waals surface area contributed by atoms with Crippen LogP contribution in [0.25, 0.3) is 10.8 Å². The van der Waals surface area contributed by atoms with Crippen molar-refractivity contribution in [3.05, 3.63) is 112 Å². The van der Waals surface area contributed by atoms with E-state index < -0.39 is 11.8 Å². The van der Waals surface area contributed by atoms with Crippen LogP contribution in [0.4, 0.5) is 0 Å². The summed E-state index contributed by atoms with van der Waals surface area (Å²) < 4.78 is 6.80. The van der Waals surface area contributed by atoms with Gasteiger partial charge in [0, 0.05) is 0 Å². The Balaban J connectivity index is 1.39. The van der Waals surface area contributed by atoms with Gasteiger partial charge in [-0.2, -0.15) is 10.4 Å². The zero-order valence-corrected chi connectivity index (χ0v) is 19.2. The molecule has 5 nitrogen and oxygen atoms in total. The number of hydrogen-bond acceptors (Lipinski definition) is 4. The number of benzene rings is 4. The summed E-state index contributed by atoms with van der Waals surface area (Å²) in [7, 11) is 0. The van der Waals surface area contributed by atoms with Gasteiger partial charge in [0.05, 0.1) is 16.8 Å². The Morgan fingerprint density at radius 3 is 2.58 bits per heavy atom. The maximum atomic E-state index is 12.3. The van der Waals surface area contributed by atoms with Crippen molar-refractivity contribution < 1.29 is 9.53 Å². The molecule has 4 rings (SSSR count). The molecule has 0 aliphatic heterocycles. The lowest BCUT2D eigenvalue weighted by Crippen LogP contribution is -2.24. The topological polar surface area (TPSA) is 74.5 Å². The van der Waals surface area contributed by atoms with E-state index in [0.29, 0.717) is 17.9 Å². The number of carbonyl (C=O) groups excluding carboxylic acids is 1. The van der Waals surface area contributed by atoms with E-state index in [2.05, 4.69) is 50.7 Å². The second-order valence-corrected chi connectivity index (χ2v) is 8.18.